The fourth-order valence-electron chi connectivity index (χ4n) is 2.37. The maximum Gasteiger partial charge on any atom is 0.363 e. The number of rotatable bonds is 3. The number of esters is 1. The summed E-state index contributed by atoms with van der Waals surface area (Å²) in [4.78, 5) is 16.5. The standard InChI is InChI=1S/C19H16BrNO3/c1-11-4-5-13(8-12(11)2)18-21-16(19(22)24-18)10-14-9-15(20)6-7-17(14)23-3/h4-10H,1-3H3/b16-10-. The van der Waals surface area contributed by atoms with Gasteiger partial charge in [-0.25, -0.2) is 9.79 Å². The lowest BCUT2D eigenvalue weighted by Crippen LogP contribution is -2.05. The summed E-state index contributed by atoms with van der Waals surface area (Å²) >= 11 is 3.42. The van der Waals surface area contributed by atoms with Crippen molar-refractivity contribution in [3.8, 4) is 5.75 Å². The summed E-state index contributed by atoms with van der Waals surface area (Å²) in [6.45, 7) is 4.05. The second kappa shape index (κ2) is 6.61. The maximum atomic E-state index is 12.1. The lowest BCUT2D eigenvalue weighted by Gasteiger charge is -2.04. The van der Waals surface area contributed by atoms with Crippen LogP contribution in [0.3, 0.4) is 0 Å². The van der Waals surface area contributed by atoms with Gasteiger partial charge < -0.3 is 9.47 Å². The number of benzene rings is 2. The second-order valence-electron chi connectivity index (χ2n) is 5.52. The molecule has 2 aromatic carbocycles. The highest BCUT2D eigenvalue weighted by atomic mass is 79.9. The molecule has 5 heteroatoms. The van der Waals surface area contributed by atoms with E-state index in [0.717, 1.165) is 21.2 Å². The number of cyclic esters (lactones) is 1. The molecule has 0 atom stereocenters. The third-order valence-corrected chi connectivity index (χ3v) is 4.35. The molecule has 0 unspecified atom stereocenters. The van der Waals surface area contributed by atoms with E-state index in [9.17, 15) is 4.79 Å². The summed E-state index contributed by atoms with van der Waals surface area (Å²) in [5.74, 6) is 0.516. The maximum absolute atomic E-state index is 12.1. The van der Waals surface area contributed by atoms with Crippen molar-refractivity contribution < 1.29 is 14.3 Å². The van der Waals surface area contributed by atoms with Crippen LogP contribution in [-0.2, 0) is 9.53 Å². The first-order valence-electron chi connectivity index (χ1n) is 7.41. The molecule has 0 aromatic heterocycles. The number of carbonyl (C=O) groups is 1. The number of hydrogen-bond donors (Lipinski definition) is 0. The first kappa shape index (κ1) is 16.5. The van der Waals surface area contributed by atoms with Crippen LogP contribution in [0.2, 0.25) is 0 Å². The number of methoxy groups -OCH3 is 1. The highest BCUT2D eigenvalue weighted by Gasteiger charge is 2.24. The van der Waals surface area contributed by atoms with Crippen LogP contribution in [0.25, 0.3) is 6.08 Å². The number of nitrogens with zero attached hydrogens (tertiary/aromatic N) is 1. The molecular weight excluding hydrogens is 370 g/mol. The zero-order valence-electron chi connectivity index (χ0n) is 13.6. The SMILES string of the molecule is COc1ccc(Br)cc1/C=C1\N=C(c2ccc(C)c(C)c2)OC1=O. The van der Waals surface area contributed by atoms with Gasteiger partial charge >= 0.3 is 5.97 Å². The molecule has 2 aromatic rings. The Balaban J connectivity index is 2.00. The van der Waals surface area contributed by atoms with Gasteiger partial charge in [0, 0.05) is 15.6 Å². The fourth-order valence-corrected chi connectivity index (χ4v) is 2.75. The van der Waals surface area contributed by atoms with Crippen molar-refractivity contribution in [3.05, 3.63) is 68.8 Å². The number of carbonyl (C=O) groups excluding carboxylic acids is 1. The van der Waals surface area contributed by atoms with Crippen LogP contribution in [0.15, 0.2) is 51.6 Å². The molecule has 4 nitrogen and oxygen atoms in total. The van der Waals surface area contributed by atoms with Crippen LogP contribution >= 0.6 is 15.9 Å². The third-order valence-electron chi connectivity index (χ3n) is 3.86. The summed E-state index contributed by atoms with van der Waals surface area (Å²) < 4.78 is 11.5. The Morgan fingerprint density at radius 2 is 1.92 bits per heavy atom. The van der Waals surface area contributed by atoms with Crippen molar-refractivity contribution >= 4 is 33.9 Å². The summed E-state index contributed by atoms with van der Waals surface area (Å²) in [7, 11) is 1.59. The van der Waals surface area contributed by atoms with Gasteiger partial charge in [-0.05, 0) is 61.4 Å². The van der Waals surface area contributed by atoms with Crippen LogP contribution in [0, 0.1) is 13.8 Å². The van der Waals surface area contributed by atoms with Gasteiger partial charge in [0.1, 0.15) is 5.75 Å². The molecule has 0 fully saturated rings. The molecule has 1 heterocycles. The summed E-state index contributed by atoms with van der Waals surface area (Å²) in [5.41, 5.74) is 4.09. The van der Waals surface area contributed by atoms with E-state index in [0.29, 0.717) is 11.6 Å². The molecule has 122 valence electrons. The highest BCUT2D eigenvalue weighted by molar-refractivity contribution is 9.10. The van der Waals surface area contributed by atoms with Crippen LogP contribution in [0.1, 0.15) is 22.3 Å². The molecule has 0 N–H and O–H groups in total. The first-order valence-corrected chi connectivity index (χ1v) is 8.21. The van der Waals surface area contributed by atoms with Crippen molar-refractivity contribution in [2.45, 2.75) is 13.8 Å². The van der Waals surface area contributed by atoms with E-state index in [-0.39, 0.29) is 5.70 Å². The summed E-state index contributed by atoms with van der Waals surface area (Å²) in [6.07, 6.45) is 1.67. The molecule has 0 radical (unpaired) electrons. The zero-order valence-corrected chi connectivity index (χ0v) is 15.2. The van der Waals surface area contributed by atoms with Crippen molar-refractivity contribution in [2.75, 3.05) is 7.11 Å². The average molecular weight is 386 g/mol. The predicted octanol–water partition coefficient (Wildman–Crippen LogP) is 4.42. The number of hydrogen-bond acceptors (Lipinski definition) is 4. The molecule has 0 aliphatic carbocycles. The second-order valence-corrected chi connectivity index (χ2v) is 6.44. The van der Waals surface area contributed by atoms with E-state index in [1.807, 2.05) is 50.2 Å². The van der Waals surface area contributed by atoms with Gasteiger partial charge in [0.05, 0.1) is 7.11 Å². The summed E-state index contributed by atoms with van der Waals surface area (Å²) in [5, 5.41) is 0. The quantitative estimate of drug-likeness (QED) is 0.580. The van der Waals surface area contributed by atoms with Crippen LogP contribution in [-0.4, -0.2) is 19.0 Å². The molecule has 0 spiro atoms. The Kier molecular flexibility index (Phi) is 4.53. The molecule has 0 saturated heterocycles. The van der Waals surface area contributed by atoms with Gasteiger partial charge in [0.15, 0.2) is 5.70 Å². The van der Waals surface area contributed by atoms with Crippen molar-refractivity contribution in [1.82, 2.24) is 0 Å². The minimum absolute atomic E-state index is 0.250. The van der Waals surface area contributed by atoms with Gasteiger partial charge in [0.25, 0.3) is 0 Å². The van der Waals surface area contributed by atoms with E-state index in [1.165, 1.54) is 5.56 Å². The van der Waals surface area contributed by atoms with E-state index >= 15 is 0 Å². The van der Waals surface area contributed by atoms with E-state index in [4.69, 9.17) is 9.47 Å². The van der Waals surface area contributed by atoms with Crippen LogP contribution in [0.5, 0.6) is 5.75 Å². The Labute approximate surface area is 148 Å². The molecule has 1 aliphatic rings. The van der Waals surface area contributed by atoms with Gasteiger partial charge in [-0.1, -0.05) is 22.0 Å². The van der Waals surface area contributed by atoms with Gasteiger partial charge in [-0.2, -0.15) is 0 Å². The van der Waals surface area contributed by atoms with E-state index in [1.54, 1.807) is 13.2 Å². The number of halogens is 1. The lowest BCUT2D eigenvalue weighted by molar-refractivity contribution is -0.129. The van der Waals surface area contributed by atoms with E-state index < -0.39 is 5.97 Å². The normalized spacial score (nSPS) is 15.4. The minimum Gasteiger partial charge on any atom is -0.496 e. The number of ether oxygens (including phenoxy) is 2. The molecule has 1 aliphatic heterocycles. The molecule has 24 heavy (non-hydrogen) atoms. The summed E-state index contributed by atoms with van der Waals surface area (Å²) in [6, 6.07) is 11.4. The van der Waals surface area contributed by atoms with Crippen molar-refractivity contribution in [2.24, 2.45) is 4.99 Å². The van der Waals surface area contributed by atoms with Crippen LogP contribution < -0.4 is 4.74 Å². The van der Waals surface area contributed by atoms with Gasteiger partial charge in [0.2, 0.25) is 5.90 Å². The number of aryl methyl sites for hydroxylation is 2. The van der Waals surface area contributed by atoms with E-state index in [2.05, 4.69) is 20.9 Å². The molecular formula is C19H16BrNO3. The smallest absolute Gasteiger partial charge is 0.363 e. The third kappa shape index (κ3) is 3.26. The van der Waals surface area contributed by atoms with Crippen LogP contribution in [0.4, 0.5) is 0 Å². The average Bonchev–Trinajstić information content (AvgIpc) is 2.91. The minimum atomic E-state index is -0.467. The Bertz CT molecular complexity index is 884. The molecule has 0 amide bonds. The fraction of sp³-hybridized carbons (Fsp3) is 0.158. The zero-order chi connectivity index (χ0) is 17.3. The Morgan fingerprint density at radius 1 is 1.12 bits per heavy atom. The van der Waals surface area contributed by atoms with Crippen molar-refractivity contribution in [3.63, 3.8) is 0 Å². The largest absolute Gasteiger partial charge is 0.496 e. The van der Waals surface area contributed by atoms with Gasteiger partial charge in [-0.3, -0.25) is 0 Å². The Morgan fingerprint density at radius 3 is 2.62 bits per heavy atom. The highest BCUT2D eigenvalue weighted by Crippen LogP contribution is 2.27. The lowest BCUT2D eigenvalue weighted by atomic mass is 10.1. The molecule has 0 saturated carbocycles. The Hall–Kier alpha value is -2.40. The molecule has 0 bridgehead atoms. The monoisotopic (exact) mass is 385 g/mol. The topological polar surface area (TPSA) is 47.9 Å². The number of aliphatic imine (C=N–C) groups is 1. The molecule has 3 rings (SSSR count). The van der Waals surface area contributed by atoms with Gasteiger partial charge in [-0.15, -0.1) is 0 Å². The van der Waals surface area contributed by atoms with Crippen molar-refractivity contribution in [1.29, 1.82) is 0 Å². The first-order chi connectivity index (χ1) is 11.5. The predicted molar refractivity (Wildman–Crippen MR) is 97.2 cm³/mol.